The van der Waals surface area contributed by atoms with E-state index in [-0.39, 0.29) is 18.2 Å². The minimum absolute atomic E-state index is 0.0690. The van der Waals surface area contributed by atoms with Gasteiger partial charge < -0.3 is 19.9 Å². The number of nitrogens with one attached hydrogen (secondary N) is 1. The van der Waals surface area contributed by atoms with Crippen LogP contribution in [0.1, 0.15) is 27.2 Å². The van der Waals surface area contributed by atoms with E-state index in [1.54, 1.807) is 12.0 Å². The van der Waals surface area contributed by atoms with Gasteiger partial charge in [-0.25, -0.2) is 0 Å². The first-order chi connectivity index (χ1) is 13.9. The minimum atomic E-state index is -0.394. The predicted octanol–water partition coefficient (Wildman–Crippen LogP) is 3.92. The summed E-state index contributed by atoms with van der Waals surface area (Å²) in [4.78, 5) is 29.2. The zero-order valence-corrected chi connectivity index (χ0v) is 17.5. The number of amides is 2. The van der Waals surface area contributed by atoms with Crippen LogP contribution in [-0.2, 0) is 9.59 Å². The highest BCUT2D eigenvalue weighted by atomic mass is 16.5. The Bertz CT molecular complexity index is 864. The van der Waals surface area contributed by atoms with Crippen molar-refractivity contribution in [2.45, 2.75) is 33.2 Å². The molecule has 1 N–H and O–H groups in total. The van der Waals surface area contributed by atoms with E-state index >= 15 is 0 Å². The van der Waals surface area contributed by atoms with E-state index in [0.29, 0.717) is 24.0 Å². The van der Waals surface area contributed by atoms with E-state index in [1.165, 1.54) is 0 Å². The molecule has 6 nitrogen and oxygen atoms in total. The fourth-order valence-corrected chi connectivity index (χ4v) is 3.80. The molecule has 0 saturated carbocycles. The molecule has 1 heterocycles. The van der Waals surface area contributed by atoms with Gasteiger partial charge >= 0.3 is 0 Å². The molecular formula is C23H29N3O3. The molecule has 1 unspecified atom stereocenters. The predicted molar refractivity (Wildman–Crippen MR) is 117 cm³/mol. The number of carbonyl (C=O) groups excluding carboxylic acids is 2. The van der Waals surface area contributed by atoms with Gasteiger partial charge in [-0.3, -0.25) is 9.59 Å². The Labute approximate surface area is 172 Å². The van der Waals surface area contributed by atoms with Gasteiger partial charge in [-0.15, -0.1) is 0 Å². The number of hydrogen-bond donors (Lipinski definition) is 1. The van der Waals surface area contributed by atoms with E-state index in [1.807, 2.05) is 48.5 Å². The minimum Gasteiger partial charge on any atom is -0.495 e. The van der Waals surface area contributed by atoms with Crippen LogP contribution in [0.25, 0.3) is 0 Å². The number of anilines is 3. The molecule has 1 saturated heterocycles. The van der Waals surface area contributed by atoms with Gasteiger partial charge in [0.05, 0.1) is 18.7 Å². The molecule has 1 fully saturated rings. The summed E-state index contributed by atoms with van der Waals surface area (Å²) in [5.41, 5.74) is 2.56. The Morgan fingerprint density at radius 3 is 2.52 bits per heavy atom. The molecule has 0 bridgehead atoms. The molecular weight excluding hydrogens is 366 g/mol. The molecule has 154 valence electrons. The van der Waals surface area contributed by atoms with Gasteiger partial charge in [0, 0.05) is 36.9 Å². The third-order valence-corrected chi connectivity index (χ3v) is 5.30. The molecule has 0 aromatic heterocycles. The largest absolute Gasteiger partial charge is 0.495 e. The number of para-hydroxylation sites is 2. The Morgan fingerprint density at radius 2 is 1.90 bits per heavy atom. The summed E-state index contributed by atoms with van der Waals surface area (Å²) < 4.78 is 5.36. The second-order valence-electron chi connectivity index (χ2n) is 7.49. The number of hydrogen-bond acceptors (Lipinski definition) is 4. The van der Waals surface area contributed by atoms with Gasteiger partial charge in [-0.2, -0.15) is 0 Å². The van der Waals surface area contributed by atoms with Gasteiger partial charge in [0.25, 0.3) is 0 Å². The zero-order valence-electron chi connectivity index (χ0n) is 17.5. The Kier molecular flexibility index (Phi) is 6.42. The third-order valence-electron chi connectivity index (χ3n) is 5.30. The van der Waals surface area contributed by atoms with Gasteiger partial charge in [-0.05, 0) is 57.2 Å². The van der Waals surface area contributed by atoms with Crippen LogP contribution in [0.5, 0.6) is 5.75 Å². The molecule has 6 heteroatoms. The van der Waals surface area contributed by atoms with Crippen molar-refractivity contribution in [1.29, 1.82) is 0 Å². The summed E-state index contributed by atoms with van der Waals surface area (Å²) in [6, 6.07) is 15.6. The fraction of sp³-hybridized carbons (Fsp3) is 0.391. The molecule has 29 heavy (non-hydrogen) atoms. The average molecular weight is 396 g/mol. The molecule has 1 atom stereocenters. The number of carbonyl (C=O) groups is 2. The maximum absolute atomic E-state index is 12.7. The van der Waals surface area contributed by atoms with Crippen LogP contribution < -0.4 is 19.9 Å². The highest BCUT2D eigenvalue weighted by Crippen LogP contribution is 2.33. The Balaban J connectivity index is 1.66. The van der Waals surface area contributed by atoms with Gasteiger partial charge in [-0.1, -0.05) is 12.1 Å². The van der Waals surface area contributed by atoms with Crippen LogP contribution in [0, 0.1) is 5.92 Å². The lowest BCUT2D eigenvalue weighted by Gasteiger charge is -2.27. The zero-order chi connectivity index (χ0) is 21.0. The summed E-state index contributed by atoms with van der Waals surface area (Å²) in [5, 5.41) is 2.95. The van der Waals surface area contributed by atoms with Crippen LogP contribution in [0.4, 0.5) is 17.1 Å². The van der Waals surface area contributed by atoms with E-state index < -0.39 is 5.92 Å². The summed E-state index contributed by atoms with van der Waals surface area (Å²) >= 11 is 0. The van der Waals surface area contributed by atoms with E-state index in [9.17, 15) is 9.59 Å². The highest BCUT2D eigenvalue weighted by molar-refractivity contribution is 6.04. The third kappa shape index (κ3) is 4.53. The summed E-state index contributed by atoms with van der Waals surface area (Å²) in [6.45, 7) is 7.71. The van der Waals surface area contributed by atoms with Gasteiger partial charge in [0.15, 0.2) is 0 Å². The molecule has 1 aliphatic rings. The number of methoxy groups -OCH3 is 1. The van der Waals surface area contributed by atoms with E-state index in [2.05, 4.69) is 31.0 Å². The highest BCUT2D eigenvalue weighted by Gasteiger charge is 2.36. The second-order valence-corrected chi connectivity index (χ2v) is 7.49. The molecule has 3 rings (SSSR count). The molecule has 0 spiro atoms. The first-order valence-corrected chi connectivity index (χ1v) is 10.1. The molecule has 2 aromatic carbocycles. The second kappa shape index (κ2) is 8.99. The van der Waals surface area contributed by atoms with Crippen molar-refractivity contribution in [2.24, 2.45) is 5.92 Å². The number of benzene rings is 2. The van der Waals surface area contributed by atoms with Gasteiger partial charge in [0.2, 0.25) is 11.8 Å². The maximum Gasteiger partial charge on any atom is 0.229 e. The van der Waals surface area contributed by atoms with Crippen molar-refractivity contribution in [3.8, 4) is 5.75 Å². The molecule has 0 radical (unpaired) electrons. The van der Waals surface area contributed by atoms with Crippen molar-refractivity contribution in [1.82, 2.24) is 0 Å². The van der Waals surface area contributed by atoms with Crippen molar-refractivity contribution in [3.63, 3.8) is 0 Å². The number of nitrogens with zero attached hydrogens (tertiary/aromatic N) is 2. The smallest absolute Gasteiger partial charge is 0.229 e. The Hall–Kier alpha value is -3.02. The van der Waals surface area contributed by atoms with Gasteiger partial charge in [0.1, 0.15) is 5.75 Å². The normalized spacial score (nSPS) is 16.2. The molecule has 2 aromatic rings. The van der Waals surface area contributed by atoms with Crippen molar-refractivity contribution >= 4 is 28.9 Å². The first kappa shape index (κ1) is 20.7. The van der Waals surface area contributed by atoms with Crippen LogP contribution in [-0.4, -0.2) is 38.1 Å². The lowest BCUT2D eigenvalue weighted by atomic mass is 10.1. The van der Waals surface area contributed by atoms with E-state index in [4.69, 9.17) is 4.74 Å². The monoisotopic (exact) mass is 395 g/mol. The summed E-state index contributed by atoms with van der Waals surface area (Å²) in [7, 11) is 1.58. The quantitative estimate of drug-likeness (QED) is 0.772. The van der Waals surface area contributed by atoms with Crippen LogP contribution in [0.15, 0.2) is 48.5 Å². The number of rotatable bonds is 7. The lowest BCUT2D eigenvalue weighted by Crippen LogP contribution is -2.30. The topological polar surface area (TPSA) is 61.9 Å². The van der Waals surface area contributed by atoms with Crippen molar-refractivity contribution in [3.05, 3.63) is 48.5 Å². The molecule has 1 aliphatic heterocycles. The maximum atomic E-state index is 12.7. The van der Waals surface area contributed by atoms with Crippen molar-refractivity contribution < 1.29 is 14.3 Å². The lowest BCUT2D eigenvalue weighted by molar-refractivity contribution is -0.122. The molecule has 0 aliphatic carbocycles. The number of ether oxygens (including phenoxy) is 1. The van der Waals surface area contributed by atoms with Crippen LogP contribution in [0.2, 0.25) is 0 Å². The standard InChI is InChI=1S/C23H29N3O3/c1-5-25(16(2)3)19-12-10-18(11-13-19)24-23(28)17-14-22(27)26(15-17)20-8-6-7-9-21(20)29-4/h6-13,16-17H,5,14-15H2,1-4H3,(H,24,28). The molecule has 2 amide bonds. The van der Waals surface area contributed by atoms with Crippen LogP contribution >= 0.6 is 0 Å². The fourth-order valence-electron chi connectivity index (χ4n) is 3.80. The Morgan fingerprint density at radius 1 is 1.21 bits per heavy atom. The first-order valence-electron chi connectivity index (χ1n) is 10.1. The van der Waals surface area contributed by atoms with Crippen molar-refractivity contribution in [2.75, 3.05) is 35.3 Å². The van der Waals surface area contributed by atoms with Crippen LogP contribution in [0.3, 0.4) is 0 Å². The average Bonchev–Trinajstić information content (AvgIpc) is 3.11. The summed E-state index contributed by atoms with van der Waals surface area (Å²) in [6.07, 6.45) is 0.193. The van der Waals surface area contributed by atoms with E-state index in [0.717, 1.165) is 17.9 Å². The SMILES string of the molecule is CCN(c1ccc(NC(=O)C2CC(=O)N(c3ccccc3OC)C2)cc1)C(C)C. The summed E-state index contributed by atoms with van der Waals surface area (Å²) in [5.74, 6) is 0.0262.